The zero-order valence-electron chi connectivity index (χ0n) is 17.6. The van der Waals surface area contributed by atoms with Crippen LogP contribution in [0.4, 0.5) is 4.79 Å². The van der Waals surface area contributed by atoms with Crippen molar-refractivity contribution in [3.63, 3.8) is 0 Å². The van der Waals surface area contributed by atoms with Crippen LogP contribution >= 0.6 is 11.8 Å². The molecule has 1 aliphatic carbocycles. The largest absolute Gasteiger partial charge is 0.346 e. The van der Waals surface area contributed by atoms with E-state index in [1.807, 2.05) is 35.1 Å². The lowest BCUT2D eigenvalue weighted by atomic mass is 9.96. The van der Waals surface area contributed by atoms with Crippen molar-refractivity contribution in [3.8, 4) is 0 Å². The summed E-state index contributed by atoms with van der Waals surface area (Å²) in [6.07, 6.45) is 11.4. The Morgan fingerprint density at radius 3 is 2.87 bits per heavy atom. The van der Waals surface area contributed by atoms with E-state index in [-0.39, 0.29) is 24.0 Å². The van der Waals surface area contributed by atoms with Gasteiger partial charge in [0.05, 0.1) is 6.04 Å². The summed E-state index contributed by atoms with van der Waals surface area (Å²) in [5.41, 5.74) is 0.768. The molecule has 1 atom stereocenters. The lowest BCUT2D eigenvalue weighted by Gasteiger charge is -2.22. The van der Waals surface area contributed by atoms with E-state index in [1.165, 1.54) is 19.3 Å². The molecule has 0 saturated heterocycles. The van der Waals surface area contributed by atoms with E-state index in [4.69, 9.17) is 0 Å². The topological polar surface area (TPSA) is 100 Å². The molecule has 2 heterocycles. The number of carbonyl (C=O) groups excluding carboxylic acids is 2. The molecule has 3 rings (SSSR count). The van der Waals surface area contributed by atoms with Crippen LogP contribution in [0.5, 0.6) is 0 Å². The van der Waals surface area contributed by atoms with Gasteiger partial charge in [0, 0.05) is 25.2 Å². The fraction of sp³-hybridized carbons (Fsp3) is 0.619. The first kappa shape index (κ1) is 22.4. The number of thioether (sulfide) groups is 1. The number of hydrogen-bond acceptors (Lipinski definition) is 5. The van der Waals surface area contributed by atoms with Gasteiger partial charge in [0.15, 0.2) is 11.5 Å². The van der Waals surface area contributed by atoms with Crippen LogP contribution in [0.15, 0.2) is 24.4 Å². The second-order valence-corrected chi connectivity index (χ2v) is 8.71. The molecule has 30 heavy (non-hydrogen) atoms. The number of fused-ring (bicyclic) bond motifs is 1. The smallest absolute Gasteiger partial charge is 0.315 e. The average Bonchev–Trinajstić information content (AvgIpc) is 3.19. The minimum atomic E-state index is -0.190. The number of nitrogens with zero attached hydrogens (tertiary/aromatic N) is 3. The van der Waals surface area contributed by atoms with Crippen LogP contribution in [0.2, 0.25) is 0 Å². The second kappa shape index (κ2) is 11.8. The van der Waals surface area contributed by atoms with E-state index in [2.05, 4.69) is 26.1 Å². The maximum absolute atomic E-state index is 12.5. The third-order valence-electron chi connectivity index (χ3n) is 5.40. The standard InChI is InChI=1S/C21H32N6O2S/c1-30-15-12-17(20-26-25-18-10-5-6-14-27(18)20)24-19(28)11-7-13-22-21(29)23-16-8-3-2-4-9-16/h5-6,10,14,16-17H,2-4,7-9,11-13,15H2,1H3,(H,24,28)(H2,22,23,29). The Morgan fingerprint density at radius 2 is 2.07 bits per heavy atom. The number of nitrogens with one attached hydrogen (secondary N) is 3. The lowest BCUT2D eigenvalue weighted by Crippen LogP contribution is -2.43. The first-order valence-corrected chi connectivity index (χ1v) is 12.2. The average molecular weight is 433 g/mol. The lowest BCUT2D eigenvalue weighted by molar-refractivity contribution is -0.122. The summed E-state index contributed by atoms with van der Waals surface area (Å²) in [7, 11) is 0. The van der Waals surface area contributed by atoms with Crippen molar-refractivity contribution in [1.29, 1.82) is 0 Å². The molecule has 2 aromatic heterocycles. The van der Waals surface area contributed by atoms with Crippen LogP contribution in [0.3, 0.4) is 0 Å². The zero-order chi connectivity index (χ0) is 21.2. The Labute approximate surface area is 182 Å². The highest BCUT2D eigenvalue weighted by Crippen LogP contribution is 2.19. The van der Waals surface area contributed by atoms with Crippen molar-refractivity contribution >= 4 is 29.3 Å². The first-order chi connectivity index (χ1) is 14.7. The number of urea groups is 1. The van der Waals surface area contributed by atoms with Gasteiger partial charge in [0.2, 0.25) is 5.91 Å². The minimum Gasteiger partial charge on any atom is -0.346 e. The number of rotatable bonds is 10. The summed E-state index contributed by atoms with van der Waals surface area (Å²) in [6.45, 7) is 0.481. The van der Waals surface area contributed by atoms with E-state index < -0.39 is 0 Å². The van der Waals surface area contributed by atoms with Crippen molar-refractivity contribution < 1.29 is 9.59 Å². The van der Waals surface area contributed by atoms with E-state index in [0.29, 0.717) is 19.4 Å². The van der Waals surface area contributed by atoms with E-state index in [9.17, 15) is 9.59 Å². The van der Waals surface area contributed by atoms with Gasteiger partial charge in [-0.1, -0.05) is 25.3 Å². The molecular weight excluding hydrogens is 400 g/mol. The quantitative estimate of drug-likeness (QED) is 0.501. The third kappa shape index (κ3) is 6.62. The van der Waals surface area contributed by atoms with Gasteiger partial charge < -0.3 is 16.0 Å². The van der Waals surface area contributed by atoms with Gasteiger partial charge in [-0.15, -0.1) is 10.2 Å². The highest BCUT2D eigenvalue weighted by atomic mass is 32.2. The second-order valence-electron chi connectivity index (χ2n) is 7.73. The summed E-state index contributed by atoms with van der Waals surface area (Å²) in [5, 5.41) is 17.5. The monoisotopic (exact) mass is 432 g/mol. The van der Waals surface area contributed by atoms with Crippen LogP contribution in [-0.2, 0) is 4.79 Å². The van der Waals surface area contributed by atoms with Crippen LogP contribution < -0.4 is 16.0 Å². The Bertz CT molecular complexity index is 821. The molecule has 1 saturated carbocycles. The molecule has 0 spiro atoms. The van der Waals surface area contributed by atoms with Crippen LogP contribution in [0, 0.1) is 0 Å². The Kier molecular flexibility index (Phi) is 8.80. The molecule has 1 unspecified atom stereocenters. The Balaban J connectivity index is 1.43. The van der Waals surface area contributed by atoms with Crippen LogP contribution in [0.1, 0.15) is 63.2 Å². The number of amides is 3. The molecule has 8 nitrogen and oxygen atoms in total. The van der Waals surface area contributed by atoms with Crippen LogP contribution in [0.25, 0.3) is 5.65 Å². The van der Waals surface area contributed by atoms with Crippen molar-refractivity contribution in [2.75, 3.05) is 18.6 Å². The maximum Gasteiger partial charge on any atom is 0.315 e. The number of carbonyl (C=O) groups is 2. The van der Waals surface area contributed by atoms with Gasteiger partial charge in [-0.25, -0.2) is 4.79 Å². The molecule has 9 heteroatoms. The molecule has 1 aliphatic rings. The Hall–Kier alpha value is -2.29. The normalized spacial score (nSPS) is 15.6. The zero-order valence-corrected chi connectivity index (χ0v) is 18.4. The molecule has 0 radical (unpaired) electrons. The van der Waals surface area contributed by atoms with Gasteiger partial charge in [0.1, 0.15) is 0 Å². The number of pyridine rings is 1. The van der Waals surface area contributed by atoms with E-state index in [1.54, 1.807) is 11.8 Å². The van der Waals surface area contributed by atoms with Crippen molar-refractivity contribution in [3.05, 3.63) is 30.2 Å². The minimum absolute atomic E-state index is 0.0386. The predicted molar refractivity (Wildman–Crippen MR) is 120 cm³/mol. The van der Waals surface area contributed by atoms with Crippen molar-refractivity contribution in [1.82, 2.24) is 30.5 Å². The molecule has 2 aromatic rings. The molecule has 0 bridgehead atoms. The molecule has 164 valence electrons. The summed E-state index contributed by atoms with van der Waals surface area (Å²) in [6, 6.07) is 5.71. The van der Waals surface area contributed by atoms with Gasteiger partial charge in [0.25, 0.3) is 0 Å². The van der Waals surface area contributed by atoms with Gasteiger partial charge in [-0.2, -0.15) is 11.8 Å². The summed E-state index contributed by atoms with van der Waals surface area (Å²) in [5.74, 6) is 1.62. The van der Waals surface area contributed by atoms with Gasteiger partial charge in [-0.3, -0.25) is 9.20 Å². The summed E-state index contributed by atoms with van der Waals surface area (Å²) in [4.78, 5) is 24.5. The fourth-order valence-electron chi connectivity index (χ4n) is 3.80. The SMILES string of the molecule is CSCCC(NC(=O)CCCNC(=O)NC1CCCCC1)c1nnc2ccccn12. The Morgan fingerprint density at radius 1 is 1.23 bits per heavy atom. The first-order valence-electron chi connectivity index (χ1n) is 10.8. The highest BCUT2D eigenvalue weighted by molar-refractivity contribution is 7.98. The third-order valence-corrected chi connectivity index (χ3v) is 6.05. The fourth-order valence-corrected chi connectivity index (χ4v) is 4.27. The van der Waals surface area contributed by atoms with Crippen molar-refractivity contribution in [2.45, 2.75) is 63.5 Å². The molecule has 3 amide bonds. The van der Waals surface area contributed by atoms with Gasteiger partial charge in [-0.05, 0) is 49.8 Å². The molecule has 1 fully saturated rings. The summed E-state index contributed by atoms with van der Waals surface area (Å²) >= 11 is 1.74. The molecule has 0 aromatic carbocycles. The molecule has 0 aliphatic heterocycles. The molecule has 3 N–H and O–H groups in total. The molecular formula is C21H32N6O2S. The highest BCUT2D eigenvalue weighted by Gasteiger charge is 2.20. The number of hydrogen-bond donors (Lipinski definition) is 3. The number of aromatic nitrogens is 3. The van der Waals surface area contributed by atoms with Crippen LogP contribution in [-0.4, -0.2) is 51.1 Å². The predicted octanol–water partition coefficient (Wildman–Crippen LogP) is 3.05. The maximum atomic E-state index is 12.5. The summed E-state index contributed by atoms with van der Waals surface area (Å²) < 4.78 is 1.92. The van der Waals surface area contributed by atoms with E-state index >= 15 is 0 Å². The van der Waals surface area contributed by atoms with E-state index in [0.717, 1.165) is 36.5 Å². The van der Waals surface area contributed by atoms with Crippen molar-refractivity contribution in [2.24, 2.45) is 0 Å². The van der Waals surface area contributed by atoms with Gasteiger partial charge >= 0.3 is 6.03 Å².